The predicted molar refractivity (Wildman–Crippen MR) is 200 cm³/mol. The summed E-state index contributed by atoms with van der Waals surface area (Å²) in [5.41, 5.74) is 1.47. The molecule has 0 aliphatic rings. The zero-order valence-electron chi connectivity index (χ0n) is 29.0. The van der Waals surface area contributed by atoms with Crippen molar-refractivity contribution in [1.29, 1.82) is 0 Å². The fourth-order valence-electron chi connectivity index (χ4n) is 3.15. The lowest BCUT2D eigenvalue weighted by Gasteiger charge is -2.23. The molecule has 0 radical (unpaired) electrons. The van der Waals surface area contributed by atoms with Gasteiger partial charge in [0.25, 0.3) is 0 Å². The van der Waals surface area contributed by atoms with Crippen LogP contribution in [-0.4, -0.2) is 63.3 Å². The van der Waals surface area contributed by atoms with Crippen LogP contribution in [0.25, 0.3) is 0 Å². The van der Waals surface area contributed by atoms with Crippen LogP contribution in [0.5, 0.6) is 0 Å². The maximum atomic E-state index is 13.5. The van der Waals surface area contributed by atoms with E-state index < -0.39 is 23.8 Å². The lowest BCUT2D eigenvalue weighted by Crippen LogP contribution is -2.35. The van der Waals surface area contributed by atoms with E-state index in [1.807, 2.05) is 67.5 Å². The van der Waals surface area contributed by atoms with Gasteiger partial charge < -0.3 is 10.1 Å². The van der Waals surface area contributed by atoms with Gasteiger partial charge in [-0.25, -0.2) is 8.42 Å². The van der Waals surface area contributed by atoms with Crippen molar-refractivity contribution < 1.29 is 13.2 Å². The number of nitrogens with zero attached hydrogens (tertiary/aromatic N) is 2. The summed E-state index contributed by atoms with van der Waals surface area (Å²) in [4.78, 5) is 9.43. The van der Waals surface area contributed by atoms with Gasteiger partial charge in [-0.2, -0.15) is 9.21 Å². The van der Waals surface area contributed by atoms with Crippen molar-refractivity contribution in [2.45, 2.75) is 103 Å². The number of sulfone groups is 1. The minimum Gasteiger partial charge on any atom is -0.495 e. The molecule has 0 aliphatic carbocycles. The van der Waals surface area contributed by atoms with Crippen LogP contribution in [-0.2, 0) is 14.6 Å². The summed E-state index contributed by atoms with van der Waals surface area (Å²) in [5, 5.41) is 3.25. The van der Waals surface area contributed by atoms with Gasteiger partial charge >= 0.3 is 0 Å². The van der Waals surface area contributed by atoms with Gasteiger partial charge in [-0.3, -0.25) is 9.98 Å². The minimum atomic E-state index is -3.69. The van der Waals surface area contributed by atoms with Gasteiger partial charge in [-0.05, 0) is 80.0 Å². The van der Waals surface area contributed by atoms with E-state index in [0.29, 0.717) is 24.4 Å². The van der Waals surface area contributed by atoms with Crippen LogP contribution in [0.4, 0.5) is 0 Å². The lowest BCUT2D eigenvalue weighted by atomic mass is 10.1. The average Bonchev–Trinajstić information content (AvgIpc) is 3.03. The molecule has 1 aromatic rings. The van der Waals surface area contributed by atoms with E-state index in [4.69, 9.17) is 4.74 Å². The zero-order valence-corrected chi connectivity index (χ0v) is 30.6. The minimum absolute atomic E-state index is 0.149. The van der Waals surface area contributed by atoms with E-state index in [0.717, 1.165) is 22.6 Å². The van der Waals surface area contributed by atoms with E-state index in [-0.39, 0.29) is 10.9 Å². The Balaban J connectivity index is -0.00000250. The molecule has 0 fully saturated rings. The third-order valence-electron chi connectivity index (χ3n) is 5.96. The van der Waals surface area contributed by atoms with Crippen molar-refractivity contribution in [3.63, 3.8) is 0 Å². The van der Waals surface area contributed by atoms with E-state index in [2.05, 4.69) is 46.9 Å². The third kappa shape index (κ3) is 15.5. The molecule has 1 N–H and O–H groups in total. The van der Waals surface area contributed by atoms with Crippen molar-refractivity contribution in [3.05, 3.63) is 72.8 Å². The number of hydrogen-bond acceptors (Lipinski definition) is 6. The first-order valence-electron chi connectivity index (χ1n) is 15.1. The number of rotatable bonds is 16. The van der Waals surface area contributed by atoms with Crippen LogP contribution in [0.15, 0.2) is 92.6 Å². The van der Waals surface area contributed by atoms with Crippen LogP contribution >= 0.6 is 9.21 Å². The number of hydrogen-bond donors (Lipinski definition) is 1. The molecule has 1 rings (SSSR count). The Labute approximate surface area is 266 Å². The zero-order chi connectivity index (χ0) is 34.3. The highest BCUT2D eigenvalue weighted by Crippen LogP contribution is 2.34. The molecule has 0 aliphatic heterocycles. The standard InChI is InChI=1S/C29H43N3O3S2.3C2H6/c1-11-25(21-31-24(4)28(35-8)17-16-23(3)18-19-30-7)32-22-29(5,6)37(33,34)27-15-13-14-26(20-27)36(9,10)12-2;3*1-2/h13-15,17-20,22,25,31H,3-4,7,9-12,16,21H2,1-2,5-6,8H3;3*1-2H3/b19-18-,28-17-,32-22?;;;. The summed E-state index contributed by atoms with van der Waals surface area (Å²) in [6, 6.07) is 6.85. The van der Waals surface area contributed by atoms with Crippen molar-refractivity contribution in [1.82, 2.24) is 5.32 Å². The molecular formula is C35H61N3O3S2. The molecule has 8 heteroatoms. The Morgan fingerprint density at radius 3 is 2.09 bits per heavy atom. The van der Waals surface area contributed by atoms with Crippen LogP contribution in [0, 0.1) is 0 Å². The van der Waals surface area contributed by atoms with Crippen molar-refractivity contribution in [3.8, 4) is 0 Å². The molecule has 246 valence electrons. The quantitative estimate of drug-likeness (QED) is 0.0851. The van der Waals surface area contributed by atoms with Gasteiger partial charge in [0.05, 0.1) is 23.7 Å². The second-order valence-corrected chi connectivity index (χ2v) is 14.9. The van der Waals surface area contributed by atoms with E-state index in [1.165, 1.54) is 0 Å². The molecule has 0 saturated heterocycles. The summed E-state index contributed by atoms with van der Waals surface area (Å²) in [6.45, 7) is 31.3. The number of benzene rings is 1. The van der Waals surface area contributed by atoms with Crippen molar-refractivity contribution >= 4 is 43.7 Å². The van der Waals surface area contributed by atoms with Crippen LogP contribution in [0.3, 0.4) is 0 Å². The molecule has 1 aromatic carbocycles. The Kier molecular flexibility index (Phi) is 24.5. The maximum Gasteiger partial charge on any atom is 0.188 e. The second kappa shape index (κ2) is 23.6. The Morgan fingerprint density at radius 2 is 1.60 bits per heavy atom. The van der Waals surface area contributed by atoms with Gasteiger partial charge in [-0.1, -0.05) is 86.4 Å². The average molecular weight is 636 g/mol. The molecule has 1 atom stereocenters. The fourth-order valence-corrected chi connectivity index (χ4v) is 5.64. The van der Waals surface area contributed by atoms with Gasteiger partial charge in [0.1, 0.15) is 10.5 Å². The molecular weight excluding hydrogens is 575 g/mol. The van der Waals surface area contributed by atoms with Gasteiger partial charge in [0.15, 0.2) is 9.84 Å². The van der Waals surface area contributed by atoms with Crippen molar-refractivity contribution in [2.24, 2.45) is 9.98 Å². The van der Waals surface area contributed by atoms with E-state index in [9.17, 15) is 8.42 Å². The molecule has 0 amide bonds. The van der Waals surface area contributed by atoms with Crippen LogP contribution in [0.1, 0.15) is 82.1 Å². The Bertz CT molecular complexity index is 1270. The normalized spacial score (nSPS) is 12.5. The maximum absolute atomic E-state index is 13.5. The summed E-state index contributed by atoms with van der Waals surface area (Å²) in [7, 11) is -3.65. The summed E-state index contributed by atoms with van der Waals surface area (Å²) in [6.07, 6.45) is 8.07. The first kappa shape index (κ1) is 44.6. The Hall–Kier alpha value is -2.84. The summed E-state index contributed by atoms with van der Waals surface area (Å²) >= 11 is 0. The van der Waals surface area contributed by atoms with Crippen LogP contribution < -0.4 is 5.32 Å². The predicted octanol–water partition coefficient (Wildman–Crippen LogP) is 9.01. The van der Waals surface area contributed by atoms with E-state index in [1.54, 1.807) is 57.6 Å². The van der Waals surface area contributed by atoms with Gasteiger partial charge in [0.2, 0.25) is 0 Å². The molecule has 1 unspecified atom stereocenters. The molecule has 0 heterocycles. The fraction of sp³-hybridized carbons (Fsp3) is 0.486. The first-order valence-corrected chi connectivity index (χ1v) is 18.7. The molecule has 0 bridgehead atoms. The highest BCUT2D eigenvalue weighted by molar-refractivity contribution is 8.27. The number of allylic oxidation sites excluding steroid dienone is 3. The van der Waals surface area contributed by atoms with Crippen LogP contribution in [0.2, 0.25) is 0 Å². The highest BCUT2D eigenvalue weighted by Gasteiger charge is 2.34. The number of nitrogens with one attached hydrogen (secondary N) is 1. The lowest BCUT2D eigenvalue weighted by molar-refractivity contribution is 0.294. The molecule has 43 heavy (non-hydrogen) atoms. The molecule has 0 aromatic heterocycles. The largest absolute Gasteiger partial charge is 0.495 e. The Morgan fingerprint density at radius 1 is 1.05 bits per heavy atom. The second-order valence-electron chi connectivity index (χ2n) is 9.25. The molecule has 0 spiro atoms. The number of ether oxygens (including phenoxy) is 1. The first-order chi connectivity index (χ1) is 20.2. The van der Waals surface area contributed by atoms with E-state index >= 15 is 0 Å². The third-order valence-corrected chi connectivity index (χ3v) is 10.7. The van der Waals surface area contributed by atoms with Crippen molar-refractivity contribution in [2.75, 3.05) is 19.4 Å². The molecule has 0 saturated carbocycles. The number of methoxy groups -OCH3 is 1. The smallest absolute Gasteiger partial charge is 0.188 e. The molecule has 6 nitrogen and oxygen atoms in total. The number of aliphatic imine (C=N–C) groups is 2. The van der Waals surface area contributed by atoms with Gasteiger partial charge in [-0.15, -0.1) is 0 Å². The summed E-state index contributed by atoms with van der Waals surface area (Å²) in [5.74, 6) is 9.80. The monoisotopic (exact) mass is 635 g/mol. The SMILES string of the molecule is C=N/C=C\C(=C)C/C=C(\OC)C(=C)NCC(CC)N=CC(C)(C)S(=O)(=O)c1cccc(S(=C)(=C)CC)c1.CC.CC.CC. The summed E-state index contributed by atoms with van der Waals surface area (Å²) < 4.78 is 31.3. The van der Waals surface area contributed by atoms with Gasteiger partial charge in [0, 0.05) is 19.0 Å². The highest BCUT2D eigenvalue weighted by atomic mass is 32.2. The topological polar surface area (TPSA) is 80.1 Å².